The summed E-state index contributed by atoms with van der Waals surface area (Å²) < 4.78 is 39.3. The smallest absolute Gasteiger partial charge is 0.305 e. The molecule has 112 valence electrons. The standard InChI is InChI=1S/C11H10ClF3N6/c12-8-4-16-7(3-17-8)5-20-1-2-21-9(6-20)18-19-10(21)11(13,14)15/h3-4H,1-2,5-6H2. The monoisotopic (exact) mass is 318 g/mol. The Bertz CT molecular complexity index is 638. The maximum atomic E-state index is 12.7. The van der Waals surface area contributed by atoms with E-state index in [4.69, 9.17) is 11.6 Å². The van der Waals surface area contributed by atoms with Crippen molar-refractivity contribution in [2.75, 3.05) is 6.54 Å². The van der Waals surface area contributed by atoms with Gasteiger partial charge in [-0.2, -0.15) is 13.2 Å². The van der Waals surface area contributed by atoms with Crippen molar-refractivity contribution in [1.29, 1.82) is 0 Å². The average molecular weight is 319 g/mol. The van der Waals surface area contributed by atoms with Crippen LogP contribution in [-0.2, 0) is 25.8 Å². The van der Waals surface area contributed by atoms with Gasteiger partial charge in [0, 0.05) is 19.6 Å². The SMILES string of the molecule is FC(F)(F)c1nnc2n1CCN(Cc1cnc(Cl)cn1)C2. The maximum Gasteiger partial charge on any atom is 0.451 e. The van der Waals surface area contributed by atoms with Crippen molar-refractivity contribution in [1.82, 2.24) is 29.6 Å². The van der Waals surface area contributed by atoms with E-state index in [2.05, 4.69) is 20.2 Å². The molecular weight excluding hydrogens is 309 g/mol. The normalized spacial score (nSPS) is 16.0. The molecule has 2 aromatic heterocycles. The summed E-state index contributed by atoms with van der Waals surface area (Å²) in [7, 11) is 0. The zero-order chi connectivity index (χ0) is 15.0. The Morgan fingerprint density at radius 3 is 2.62 bits per heavy atom. The minimum Gasteiger partial charge on any atom is -0.305 e. The molecule has 6 nitrogen and oxygen atoms in total. The van der Waals surface area contributed by atoms with E-state index in [0.29, 0.717) is 29.8 Å². The van der Waals surface area contributed by atoms with E-state index in [1.54, 1.807) is 6.20 Å². The third-order valence-corrected chi connectivity index (χ3v) is 3.34. The molecule has 0 aliphatic carbocycles. The largest absolute Gasteiger partial charge is 0.451 e. The Balaban J connectivity index is 1.73. The van der Waals surface area contributed by atoms with Crippen molar-refractivity contribution in [3.05, 3.63) is 34.9 Å². The van der Waals surface area contributed by atoms with Crippen LogP contribution in [0.3, 0.4) is 0 Å². The summed E-state index contributed by atoms with van der Waals surface area (Å²) in [5, 5.41) is 7.16. The predicted octanol–water partition coefficient (Wildman–Crippen LogP) is 1.76. The van der Waals surface area contributed by atoms with Crippen LogP contribution in [0.15, 0.2) is 12.4 Å². The number of aromatic nitrogens is 5. The van der Waals surface area contributed by atoms with Gasteiger partial charge in [-0.1, -0.05) is 11.6 Å². The van der Waals surface area contributed by atoms with Gasteiger partial charge in [0.15, 0.2) is 0 Å². The van der Waals surface area contributed by atoms with Gasteiger partial charge in [-0.3, -0.25) is 9.88 Å². The molecule has 10 heteroatoms. The number of hydrogen-bond acceptors (Lipinski definition) is 5. The van der Waals surface area contributed by atoms with Crippen LogP contribution in [-0.4, -0.2) is 36.2 Å². The van der Waals surface area contributed by atoms with Crippen LogP contribution in [0.1, 0.15) is 17.3 Å². The first-order valence-corrected chi connectivity index (χ1v) is 6.49. The van der Waals surface area contributed by atoms with Gasteiger partial charge >= 0.3 is 6.18 Å². The second kappa shape index (κ2) is 5.23. The quantitative estimate of drug-likeness (QED) is 0.844. The molecule has 21 heavy (non-hydrogen) atoms. The van der Waals surface area contributed by atoms with E-state index in [1.165, 1.54) is 6.20 Å². The molecule has 0 spiro atoms. The Morgan fingerprint density at radius 2 is 1.95 bits per heavy atom. The van der Waals surface area contributed by atoms with Crippen LogP contribution in [0.5, 0.6) is 0 Å². The Hall–Kier alpha value is -1.74. The molecule has 0 aromatic carbocycles. The summed E-state index contributed by atoms with van der Waals surface area (Å²) in [4.78, 5) is 9.97. The van der Waals surface area contributed by atoms with E-state index < -0.39 is 12.0 Å². The van der Waals surface area contributed by atoms with Crippen LogP contribution in [0.25, 0.3) is 0 Å². The Labute approximate surface area is 122 Å². The van der Waals surface area contributed by atoms with Crippen molar-refractivity contribution in [3.63, 3.8) is 0 Å². The first-order valence-electron chi connectivity index (χ1n) is 6.11. The molecule has 0 fully saturated rings. The third kappa shape index (κ3) is 2.98. The molecule has 0 N–H and O–H groups in total. The number of halogens is 4. The zero-order valence-corrected chi connectivity index (χ0v) is 11.4. The van der Waals surface area contributed by atoms with Gasteiger partial charge in [0.25, 0.3) is 0 Å². The maximum absolute atomic E-state index is 12.7. The summed E-state index contributed by atoms with van der Waals surface area (Å²) in [6, 6.07) is 0. The minimum absolute atomic E-state index is 0.193. The van der Waals surface area contributed by atoms with Crippen molar-refractivity contribution >= 4 is 11.6 Å². The van der Waals surface area contributed by atoms with Gasteiger partial charge in [-0.05, 0) is 0 Å². The van der Waals surface area contributed by atoms with Crippen LogP contribution in [0.2, 0.25) is 5.15 Å². The fourth-order valence-electron chi connectivity index (χ4n) is 2.20. The molecule has 3 heterocycles. The number of fused-ring (bicyclic) bond motifs is 1. The second-order valence-electron chi connectivity index (χ2n) is 4.63. The number of rotatable bonds is 2. The van der Waals surface area contributed by atoms with Gasteiger partial charge in [-0.15, -0.1) is 10.2 Å². The Kier molecular flexibility index (Phi) is 3.54. The summed E-state index contributed by atoms with van der Waals surface area (Å²) >= 11 is 5.65. The molecule has 0 unspecified atom stereocenters. The van der Waals surface area contributed by atoms with Gasteiger partial charge in [0.2, 0.25) is 5.82 Å². The van der Waals surface area contributed by atoms with Gasteiger partial charge < -0.3 is 4.57 Å². The van der Waals surface area contributed by atoms with Crippen LogP contribution in [0, 0.1) is 0 Å². The van der Waals surface area contributed by atoms with Crippen molar-refractivity contribution in [2.45, 2.75) is 25.8 Å². The highest BCUT2D eigenvalue weighted by molar-refractivity contribution is 6.29. The van der Waals surface area contributed by atoms with Crippen LogP contribution in [0.4, 0.5) is 13.2 Å². The zero-order valence-electron chi connectivity index (χ0n) is 10.7. The molecule has 0 bridgehead atoms. The van der Waals surface area contributed by atoms with Gasteiger partial charge in [-0.25, -0.2) is 4.98 Å². The van der Waals surface area contributed by atoms with E-state index in [1.807, 2.05) is 4.90 Å². The fraction of sp³-hybridized carbons (Fsp3) is 0.455. The van der Waals surface area contributed by atoms with Crippen molar-refractivity contribution in [2.24, 2.45) is 0 Å². The second-order valence-corrected chi connectivity index (χ2v) is 5.02. The first kappa shape index (κ1) is 14.2. The van der Waals surface area contributed by atoms with Crippen LogP contribution >= 0.6 is 11.6 Å². The highest BCUT2D eigenvalue weighted by Gasteiger charge is 2.39. The molecule has 1 aliphatic heterocycles. The van der Waals surface area contributed by atoms with E-state index in [9.17, 15) is 13.2 Å². The number of hydrogen-bond donors (Lipinski definition) is 0. The third-order valence-electron chi connectivity index (χ3n) is 3.15. The van der Waals surface area contributed by atoms with E-state index >= 15 is 0 Å². The van der Waals surface area contributed by atoms with Gasteiger partial charge in [0.1, 0.15) is 11.0 Å². The lowest BCUT2D eigenvalue weighted by Crippen LogP contribution is -2.35. The average Bonchev–Trinajstić information content (AvgIpc) is 2.84. The van der Waals surface area contributed by atoms with Gasteiger partial charge in [0.05, 0.1) is 24.6 Å². The number of nitrogens with zero attached hydrogens (tertiary/aromatic N) is 6. The molecule has 0 saturated heterocycles. The molecule has 0 amide bonds. The molecule has 1 aliphatic rings. The highest BCUT2D eigenvalue weighted by Crippen LogP contribution is 2.29. The molecule has 0 atom stereocenters. The summed E-state index contributed by atoms with van der Waals surface area (Å²) in [6.45, 7) is 1.41. The lowest BCUT2D eigenvalue weighted by atomic mass is 10.3. The fourth-order valence-corrected chi connectivity index (χ4v) is 2.30. The Morgan fingerprint density at radius 1 is 1.14 bits per heavy atom. The van der Waals surface area contributed by atoms with Crippen LogP contribution < -0.4 is 0 Å². The lowest BCUT2D eigenvalue weighted by Gasteiger charge is -2.27. The van der Waals surface area contributed by atoms with E-state index in [0.717, 1.165) is 4.57 Å². The molecule has 0 radical (unpaired) electrons. The highest BCUT2D eigenvalue weighted by atomic mass is 35.5. The molecular formula is C11H10ClF3N6. The summed E-state index contributed by atoms with van der Waals surface area (Å²) in [5.41, 5.74) is 0.698. The van der Waals surface area contributed by atoms with Crippen molar-refractivity contribution in [3.8, 4) is 0 Å². The van der Waals surface area contributed by atoms with E-state index in [-0.39, 0.29) is 13.1 Å². The predicted molar refractivity (Wildman–Crippen MR) is 66.2 cm³/mol. The topological polar surface area (TPSA) is 59.7 Å². The molecule has 0 saturated carbocycles. The molecule has 3 rings (SSSR count). The first-order chi connectivity index (χ1) is 9.93. The summed E-state index contributed by atoms with van der Waals surface area (Å²) in [5.74, 6) is -0.640. The minimum atomic E-state index is -4.48. The number of alkyl halides is 3. The molecule has 2 aromatic rings. The van der Waals surface area contributed by atoms with Crippen molar-refractivity contribution < 1.29 is 13.2 Å². The lowest BCUT2D eigenvalue weighted by molar-refractivity contribution is -0.148. The summed E-state index contributed by atoms with van der Waals surface area (Å²) in [6.07, 6.45) is -1.50.